The maximum absolute atomic E-state index is 12.8. The van der Waals surface area contributed by atoms with E-state index in [1.54, 1.807) is 16.7 Å². The van der Waals surface area contributed by atoms with Gasteiger partial charge in [-0.25, -0.2) is 0 Å². The average molecular weight is 344 g/mol. The molecule has 25 heavy (non-hydrogen) atoms. The number of aryl methyl sites for hydroxylation is 1. The zero-order chi connectivity index (χ0) is 18.4. The van der Waals surface area contributed by atoms with Crippen LogP contribution >= 0.6 is 0 Å². The normalized spacial score (nSPS) is 26.4. The van der Waals surface area contributed by atoms with Crippen LogP contribution in [0.4, 0.5) is 5.69 Å². The number of amides is 2. The monoisotopic (exact) mass is 344 g/mol. The Balaban J connectivity index is 1.74. The van der Waals surface area contributed by atoms with E-state index in [9.17, 15) is 19.5 Å². The van der Waals surface area contributed by atoms with E-state index in [4.69, 9.17) is 0 Å². The first-order valence-electron chi connectivity index (χ1n) is 8.62. The van der Waals surface area contributed by atoms with Crippen LogP contribution in [-0.4, -0.2) is 47.4 Å². The molecule has 0 aliphatic carbocycles. The SMILES string of the molecule is Cc1cccc(N2CC(C(=O)N3CCC(C)(C(=O)O)C3)CC2=O)c1C. The summed E-state index contributed by atoms with van der Waals surface area (Å²) >= 11 is 0. The van der Waals surface area contributed by atoms with Crippen LogP contribution in [0.3, 0.4) is 0 Å². The van der Waals surface area contributed by atoms with Crippen LogP contribution in [-0.2, 0) is 14.4 Å². The molecule has 0 spiro atoms. The van der Waals surface area contributed by atoms with E-state index in [0.29, 0.717) is 19.5 Å². The highest BCUT2D eigenvalue weighted by Crippen LogP contribution is 2.34. The van der Waals surface area contributed by atoms with Crippen molar-refractivity contribution in [3.8, 4) is 0 Å². The van der Waals surface area contributed by atoms with Crippen molar-refractivity contribution in [3.63, 3.8) is 0 Å². The summed E-state index contributed by atoms with van der Waals surface area (Å²) in [6, 6.07) is 5.82. The molecule has 0 aromatic heterocycles. The number of nitrogens with zero attached hydrogens (tertiary/aromatic N) is 2. The number of anilines is 1. The first-order valence-corrected chi connectivity index (χ1v) is 8.62. The van der Waals surface area contributed by atoms with Crippen LogP contribution in [0.1, 0.15) is 30.9 Å². The van der Waals surface area contributed by atoms with E-state index in [0.717, 1.165) is 16.8 Å². The molecule has 2 fully saturated rings. The van der Waals surface area contributed by atoms with Gasteiger partial charge in [-0.15, -0.1) is 0 Å². The third-order valence-corrected chi connectivity index (χ3v) is 5.64. The molecule has 3 rings (SSSR count). The molecule has 2 amide bonds. The Morgan fingerprint density at radius 2 is 2.00 bits per heavy atom. The second kappa shape index (κ2) is 6.17. The predicted molar refractivity (Wildman–Crippen MR) is 93.3 cm³/mol. The second-order valence-electron chi connectivity index (χ2n) is 7.50. The predicted octanol–water partition coefficient (Wildman–Crippen LogP) is 1.98. The van der Waals surface area contributed by atoms with Crippen molar-refractivity contribution in [2.75, 3.05) is 24.5 Å². The van der Waals surface area contributed by atoms with Crippen molar-refractivity contribution in [2.24, 2.45) is 11.3 Å². The first kappa shape index (κ1) is 17.5. The lowest BCUT2D eigenvalue weighted by molar-refractivity contribution is -0.147. The first-order chi connectivity index (χ1) is 11.7. The fourth-order valence-corrected chi connectivity index (χ4v) is 3.72. The van der Waals surface area contributed by atoms with Gasteiger partial charge in [0.2, 0.25) is 11.8 Å². The molecule has 2 aliphatic heterocycles. The summed E-state index contributed by atoms with van der Waals surface area (Å²) in [5.74, 6) is -1.43. The zero-order valence-corrected chi connectivity index (χ0v) is 14.9. The minimum absolute atomic E-state index is 0.0488. The van der Waals surface area contributed by atoms with Crippen molar-refractivity contribution in [1.82, 2.24) is 4.90 Å². The Bertz CT molecular complexity index is 745. The van der Waals surface area contributed by atoms with Gasteiger partial charge in [-0.2, -0.15) is 0 Å². The Morgan fingerprint density at radius 3 is 2.64 bits per heavy atom. The Labute approximate surface area is 147 Å². The van der Waals surface area contributed by atoms with Gasteiger partial charge < -0.3 is 14.9 Å². The molecular weight excluding hydrogens is 320 g/mol. The fourth-order valence-electron chi connectivity index (χ4n) is 3.72. The maximum atomic E-state index is 12.8. The summed E-state index contributed by atoms with van der Waals surface area (Å²) in [6.07, 6.45) is 0.641. The van der Waals surface area contributed by atoms with Gasteiger partial charge in [0.1, 0.15) is 0 Å². The molecule has 0 saturated carbocycles. The Morgan fingerprint density at radius 1 is 1.28 bits per heavy atom. The third kappa shape index (κ3) is 3.01. The summed E-state index contributed by atoms with van der Waals surface area (Å²) < 4.78 is 0. The van der Waals surface area contributed by atoms with Gasteiger partial charge in [-0.3, -0.25) is 14.4 Å². The van der Waals surface area contributed by atoms with Crippen LogP contribution in [0.25, 0.3) is 0 Å². The quantitative estimate of drug-likeness (QED) is 0.909. The lowest BCUT2D eigenvalue weighted by atomic mass is 9.90. The highest BCUT2D eigenvalue weighted by Gasteiger charge is 2.45. The molecule has 6 nitrogen and oxygen atoms in total. The molecule has 6 heteroatoms. The number of benzene rings is 1. The van der Waals surface area contributed by atoms with Crippen molar-refractivity contribution in [2.45, 2.75) is 33.6 Å². The van der Waals surface area contributed by atoms with Crippen LogP contribution in [0.5, 0.6) is 0 Å². The fraction of sp³-hybridized carbons (Fsp3) is 0.526. The minimum atomic E-state index is -0.884. The van der Waals surface area contributed by atoms with Crippen molar-refractivity contribution < 1.29 is 19.5 Å². The van der Waals surface area contributed by atoms with Gasteiger partial charge in [0, 0.05) is 31.7 Å². The topological polar surface area (TPSA) is 77.9 Å². The molecule has 2 aliphatic rings. The molecule has 1 aromatic carbocycles. The van der Waals surface area contributed by atoms with Crippen molar-refractivity contribution >= 4 is 23.5 Å². The number of hydrogen-bond donors (Lipinski definition) is 1. The van der Waals surface area contributed by atoms with E-state index in [-0.39, 0.29) is 24.8 Å². The number of aliphatic carboxylic acids is 1. The number of likely N-dealkylation sites (tertiary alicyclic amines) is 1. The van der Waals surface area contributed by atoms with E-state index >= 15 is 0 Å². The maximum Gasteiger partial charge on any atom is 0.311 e. The number of carboxylic acid groups (broad SMARTS) is 1. The van der Waals surface area contributed by atoms with Crippen molar-refractivity contribution in [1.29, 1.82) is 0 Å². The molecule has 2 saturated heterocycles. The summed E-state index contributed by atoms with van der Waals surface area (Å²) in [6.45, 7) is 6.67. The number of hydrogen-bond acceptors (Lipinski definition) is 3. The number of carbonyl (C=O) groups is 3. The van der Waals surface area contributed by atoms with E-state index in [2.05, 4.69) is 0 Å². The largest absolute Gasteiger partial charge is 0.481 e. The zero-order valence-electron chi connectivity index (χ0n) is 14.9. The smallest absolute Gasteiger partial charge is 0.311 e. The molecule has 0 radical (unpaired) electrons. The van der Waals surface area contributed by atoms with E-state index in [1.807, 2.05) is 32.0 Å². The van der Waals surface area contributed by atoms with Crippen LogP contribution in [0.15, 0.2) is 18.2 Å². The van der Waals surface area contributed by atoms with Gasteiger partial charge >= 0.3 is 5.97 Å². The molecular formula is C19H24N2O4. The molecule has 0 bridgehead atoms. The summed E-state index contributed by atoms with van der Waals surface area (Å²) in [5, 5.41) is 9.33. The Hall–Kier alpha value is -2.37. The molecule has 134 valence electrons. The standard InChI is InChI=1S/C19H24N2O4/c1-12-5-4-6-15(13(12)2)21-10-14(9-16(21)22)17(23)20-8-7-19(3,11-20)18(24)25/h4-6,14H,7-11H2,1-3H3,(H,24,25). The Kier molecular flexibility index (Phi) is 4.31. The number of carboxylic acids is 1. The van der Waals surface area contributed by atoms with E-state index < -0.39 is 17.3 Å². The number of rotatable bonds is 3. The van der Waals surface area contributed by atoms with Crippen LogP contribution in [0.2, 0.25) is 0 Å². The third-order valence-electron chi connectivity index (χ3n) is 5.64. The average Bonchev–Trinajstić information content (AvgIpc) is 3.14. The molecule has 2 atom stereocenters. The highest BCUT2D eigenvalue weighted by atomic mass is 16.4. The molecule has 2 heterocycles. The van der Waals surface area contributed by atoms with E-state index in [1.165, 1.54) is 0 Å². The van der Waals surface area contributed by atoms with Gasteiger partial charge in [0.25, 0.3) is 0 Å². The lowest BCUT2D eigenvalue weighted by Gasteiger charge is -2.23. The van der Waals surface area contributed by atoms with Crippen LogP contribution in [0, 0.1) is 25.2 Å². The number of carbonyl (C=O) groups excluding carboxylic acids is 2. The van der Waals surface area contributed by atoms with Crippen LogP contribution < -0.4 is 4.90 Å². The molecule has 1 N–H and O–H groups in total. The summed E-state index contributed by atoms with van der Waals surface area (Å²) in [5.41, 5.74) is 2.13. The minimum Gasteiger partial charge on any atom is -0.481 e. The second-order valence-corrected chi connectivity index (χ2v) is 7.50. The summed E-state index contributed by atoms with van der Waals surface area (Å²) in [7, 11) is 0. The van der Waals surface area contributed by atoms with Gasteiger partial charge in [0.15, 0.2) is 0 Å². The molecule has 1 aromatic rings. The molecule has 2 unspecified atom stereocenters. The lowest BCUT2D eigenvalue weighted by Crippen LogP contribution is -2.39. The van der Waals surface area contributed by atoms with Gasteiger partial charge in [-0.1, -0.05) is 12.1 Å². The highest BCUT2D eigenvalue weighted by molar-refractivity contribution is 6.01. The summed E-state index contributed by atoms with van der Waals surface area (Å²) in [4.78, 5) is 39.9. The van der Waals surface area contributed by atoms with Gasteiger partial charge in [0.05, 0.1) is 11.3 Å². The van der Waals surface area contributed by atoms with Crippen molar-refractivity contribution in [3.05, 3.63) is 29.3 Å². The van der Waals surface area contributed by atoms with Gasteiger partial charge in [-0.05, 0) is 44.4 Å².